The minimum absolute atomic E-state index is 0.0466. The van der Waals surface area contributed by atoms with Crippen LogP contribution in [0.4, 0.5) is 5.69 Å². The highest BCUT2D eigenvalue weighted by Crippen LogP contribution is 2.34. The maximum Gasteiger partial charge on any atom is 0.247 e. The van der Waals surface area contributed by atoms with Crippen LogP contribution < -0.4 is 14.7 Å². The van der Waals surface area contributed by atoms with E-state index in [-0.39, 0.29) is 10.9 Å². The third-order valence-electron chi connectivity index (χ3n) is 3.86. The van der Waals surface area contributed by atoms with Crippen LogP contribution in [0.25, 0.3) is 0 Å². The third-order valence-corrected chi connectivity index (χ3v) is 4.99. The van der Waals surface area contributed by atoms with Gasteiger partial charge in [0.05, 0.1) is 24.3 Å². The molecule has 0 unspecified atom stereocenters. The number of carboxylic acids is 1. The van der Waals surface area contributed by atoms with Gasteiger partial charge in [-0.3, -0.25) is 9.69 Å². The summed E-state index contributed by atoms with van der Waals surface area (Å²) < 4.78 is 5.09. The van der Waals surface area contributed by atoms with Crippen molar-refractivity contribution in [2.75, 3.05) is 12.0 Å². The number of benzene rings is 2. The molecule has 3 rings (SSSR count). The zero-order chi connectivity index (χ0) is 20.1. The van der Waals surface area contributed by atoms with E-state index in [2.05, 4.69) is 10.2 Å². The first-order chi connectivity index (χ1) is 13.5. The molecule has 2 aromatic carbocycles. The Labute approximate surface area is 165 Å². The van der Waals surface area contributed by atoms with Crippen molar-refractivity contribution >= 4 is 40.7 Å². The van der Waals surface area contributed by atoms with Crippen LogP contribution in [0.15, 0.2) is 58.7 Å². The standard InChI is InChI=1S/C19H17N3O5S/c1-27-15-8-2-12(3-9-15)11-20-21-19-22(13-4-6-14(23)7-5-13)18(26)16(28-19)10-17(24)25/h2-9,11,16,23H,10H2,1H3,(H,24,25)/p-1/b20-11+,21-19+/t16-/m0/s1. The highest BCUT2D eigenvalue weighted by molar-refractivity contribution is 8.16. The SMILES string of the molecule is COc1ccc(/C=N/N=C2/S[C@@H](CC(=O)[O-])C(=O)N2c2ccc(O)cc2)cc1. The minimum Gasteiger partial charge on any atom is -0.550 e. The molecule has 0 bridgehead atoms. The van der Waals surface area contributed by atoms with Gasteiger partial charge in [-0.25, -0.2) is 0 Å². The predicted octanol–water partition coefficient (Wildman–Crippen LogP) is 1.38. The number of carbonyl (C=O) groups is 2. The molecule has 1 atom stereocenters. The maximum absolute atomic E-state index is 12.6. The van der Waals surface area contributed by atoms with Gasteiger partial charge in [-0.1, -0.05) is 11.8 Å². The largest absolute Gasteiger partial charge is 0.550 e. The number of anilines is 1. The first-order valence-electron chi connectivity index (χ1n) is 8.22. The van der Waals surface area contributed by atoms with Crippen molar-refractivity contribution in [1.29, 1.82) is 0 Å². The number of hydrogen-bond donors (Lipinski definition) is 1. The Bertz CT molecular complexity index is 926. The Kier molecular flexibility index (Phi) is 5.95. The van der Waals surface area contributed by atoms with E-state index in [1.54, 1.807) is 31.4 Å². The molecule has 9 heteroatoms. The molecule has 1 heterocycles. The zero-order valence-electron chi connectivity index (χ0n) is 14.8. The van der Waals surface area contributed by atoms with Gasteiger partial charge in [0.25, 0.3) is 0 Å². The number of amidine groups is 1. The molecule has 0 radical (unpaired) electrons. The van der Waals surface area contributed by atoms with E-state index < -0.39 is 23.5 Å². The molecule has 0 aromatic heterocycles. The monoisotopic (exact) mass is 398 g/mol. The Hall–Kier alpha value is -3.33. The lowest BCUT2D eigenvalue weighted by molar-refractivity contribution is -0.305. The highest BCUT2D eigenvalue weighted by atomic mass is 32.2. The number of aromatic hydroxyl groups is 1. The van der Waals surface area contributed by atoms with Crippen molar-refractivity contribution in [3.05, 3.63) is 54.1 Å². The van der Waals surface area contributed by atoms with E-state index in [0.29, 0.717) is 11.4 Å². The molecule has 1 aliphatic rings. The minimum atomic E-state index is -1.32. The van der Waals surface area contributed by atoms with Crippen LogP contribution in [-0.2, 0) is 9.59 Å². The van der Waals surface area contributed by atoms with E-state index in [1.807, 2.05) is 0 Å². The smallest absolute Gasteiger partial charge is 0.247 e. The topological polar surface area (TPSA) is 115 Å². The van der Waals surface area contributed by atoms with E-state index in [1.165, 1.54) is 35.4 Å². The van der Waals surface area contributed by atoms with Gasteiger partial charge in [0.1, 0.15) is 11.5 Å². The van der Waals surface area contributed by atoms with Crippen molar-refractivity contribution in [2.45, 2.75) is 11.7 Å². The van der Waals surface area contributed by atoms with Crippen molar-refractivity contribution < 1.29 is 24.5 Å². The van der Waals surface area contributed by atoms with Gasteiger partial charge in [0.2, 0.25) is 5.91 Å². The number of rotatable bonds is 6. The lowest BCUT2D eigenvalue weighted by Gasteiger charge is -2.16. The molecule has 1 aliphatic heterocycles. The number of nitrogens with zero attached hydrogens (tertiary/aromatic N) is 3. The second-order valence-corrected chi connectivity index (χ2v) is 6.94. The van der Waals surface area contributed by atoms with E-state index in [0.717, 1.165) is 17.3 Å². The summed E-state index contributed by atoms with van der Waals surface area (Å²) in [5.74, 6) is -0.993. The molecule has 28 heavy (non-hydrogen) atoms. The van der Waals surface area contributed by atoms with Crippen molar-refractivity contribution in [3.63, 3.8) is 0 Å². The fourth-order valence-corrected chi connectivity index (χ4v) is 3.57. The number of amides is 1. The zero-order valence-corrected chi connectivity index (χ0v) is 15.6. The molecule has 0 spiro atoms. The van der Waals surface area contributed by atoms with Crippen LogP contribution in [0.1, 0.15) is 12.0 Å². The summed E-state index contributed by atoms with van der Waals surface area (Å²) in [7, 11) is 1.57. The van der Waals surface area contributed by atoms with Gasteiger partial charge in [-0.15, -0.1) is 5.10 Å². The highest BCUT2D eigenvalue weighted by Gasteiger charge is 2.39. The lowest BCUT2D eigenvalue weighted by atomic mass is 10.2. The van der Waals surface area contributed by atoms with Gasteiger partial charge in [-0.05, 0) is 54.1 Å². The van der Waals surface area contributed by atoms with Crippen LogP contribution in [0.2, 0.25) is 0 Å². The molecule has 1 amide bonds. The summed E-state index contributed by atoms with van der Waals surface area (Å²) in [6, 6.07) is 13.1. The summed E-state index contributed by atoms with van der Waals surface area (Å²) in [6.45, 7) is 0. The number of ether oxygens (including phenoxy) is 1. The molecular formula is C19H16N3O5S-. The number of phenols is 1. The summed E-state index contributed by atoms with van der Waals surface area (Å²) in [4.78, 5) is 24.9. The van der Waals surface area contributed by atoms with Crippen LogP contribution >= 0.6 is 11.8 Å². The van der Waals surface area contributed by atoms with Crippen molar-refractivity contribution in [1.82, 2.24) is 0 Å². The average molecular weight is 398 g/mol. The second kappa shape index (κ2) is 8.57. The Balaban J connectivity index is 1.86. The molecule has 8 nitrogen and oxygen atoms in total. The molecule has 0 aliphatic carbocycles. The fourth-order valence-electron chi connectivity index (χ4n) is 2.49. The third kappa shape index (κ3) is 4.49. The van der Waals surface area contributed by atoms with Crippen LogP contribution in [-0.4, -0.2) is 40.7 Å². The summed E-state index contributed by atoms with van der Waals surface area (Å²) in [5, 5.41) is 27.9. The number of thioether (sulfide) groups is 1. The molecule has 0 saturated carbocycles. The summed E-state index contributed by atoms with van der Waals surface area (Å²) >= 11 is 1.00. The predicted molar refractivity (Wildman–Crippen MR) is 105 cm³/mol. The van der Waals surface area contributed by atoms with Crippen LogP contribution in [0.5, 0.6) is 11.5 Å². The first kappa shape index (κ1) is 19.4. The number of aliphatic carboxylic acids is 1. The summed E-state index contributed by atoms with van der Waals surface area (Å²) in [6.07, 6.45) is 1.08. The van der Waals surface area contributed by atoms with Gasteiger partial charge >= 0.3 is 0 Å². The molecule has 2 aromatic rings. The lowest BCUT2D eigenvalue weighted by Crippen LogP contribution is -2.35. The quantitative estimate of drug-likeness (QED) is 0.581. The molecular weight excluding hydrogens is 382 g/mol. The van der Waals surface area contributed by atoms with Crippen molar-refractivity contribution in [2.24, 2.45) is 10.2 Å². The van der Waals surface area contributed by atoms with Gasteiger partial charge in [0, 0.05) is 12.4 Å². The normalized spacial score (nSPS) is 18.2. The van der Waals surface area contributed by atoms with E-state index in [4.69, 9.17) is 4.74 Å². The van der Waals surface area contributed by atoms with Gasteiger partial charge in [0.15, 0.2) is 5.17 Å². The Morgan fingerprint density at radius 3 is 2.54 bits per heavy atom. The number of carboxylic acid groups (broad SMARTS) is 1. The van der Waals surface area contributed by atoms with Gasteiger partial charge < -0.3 is 19.7 Å². The summed E-state index contributed by atoms with van der Waals surface area (Å²) in [5.41, 5.74) is 1.23. The molecule has 1 fully saturated rings. The number of phenolic OH excluding ortho intramolecular Hbond substituents is 1. The second-order valence-electron chi connectivity index (χ2n) is 5.77. The van der Waals surface area contributed by atoms with Crippen LogP contribution in [0.3, 0.4) is 0 Å². The average Bonchev–Trinajstić information content (AvgIpc) is 2.98. The maximum atomic E-state index is 12.6. The van der Waals surface area contributed by atoms with E-state index >= 15 is 0 Å². The molecule has 1 saturated heterocycles. The fraction of sp³-hybridized carbons (Fsp3) is 0.158. The number of carbonyl (C=O) groups excluding carboxylic acids is 2. The molecule has 144 valence electrons. The van der Waals surface area contributed by atoms with Crippen LogP contribution in [0, 0.1) is 0 Å². The van der Waals surface area contributed by atoms with E-state index in [9.17, 15) is 19.8 Å². The Morgan fingerprint density at radius 2 is 1.93 bits per heavy atom. The number of hydrogen-bond acceptors (Lipinski definition) is 8. The Morgan fingerprint density at radius 1 is 1.25 bits per heavy atom. The van der Waals surface area contributed by atoms with Crippen molar-refractivity contribution in [3.8, 4) is 11.5 Å². The first-order valence-corrected chi connectivity index (χ1v) is 9.10. The molecule has 1 N–H and O–H groups in total. The number of methoxy groups -OCH3 is 1. The van der Waals surface area contributed by atoms with Gasteiger partial charge in [-0.2, -0.15) is 5.10 Å².